The van der Waals surface area contributed by atoms with Crippen molar-refractivity contribution in [3.8, 4) is 16.9 Å². The summed E-state index contributed by atoms with van der Waals surface area (Å²) in [6.45, 7) is 2.45. The maximum absolute atomic E-state index is 11.2. The van der Waals surface area contributed by atoms with E-state index in [1.54, 1.807) is 36.2 Å². The lowest BCUT2D eigenvalue weighted by atomic mass is 10.0. The predicted octanol–water partition coefficient (Wildman–Crippen LogP) is 6.50. The second-order valence-electron chi connectivity index (χ2n) is 8.10. The number of imidazole rings is 1. The van der Waals surface area contributed by atoms with Crippen molar-refractivity contribution in [3.05, 3.63) is 107 Å². The molecule has 3 aromatic carbocycles. The topological polar surface area (TPSA) is 88.1 Å². The number of benzene rings is 3. The van der Waals surface area contributed by atoms with Crippen LogP contribution < -0.4 is 4.74 Å². The van der Waals surface area contributed by atoms with Gasteiger partial charge in [0, 0.05) is 17.5 Å². The van der Waals surface area contributed by atoms with Crippen molar-refractivity contribution in [2.24, 2.45) is 0 Å². The molecule has 6 nitrogen and oxygen atoms in total. The van der Waals surface area contributed by atoms with Crippen molar-refractivity contribution in [2.45, 2.75) is 24.4 Å². The van der Waals surface area contributed by atoms with Crippen molar-refractivity contribution >= 4 is 28.8 Å². The lowest BCUT2D eigenvalue weighted by molar-refractivity contribution is 0.0697. The Morgan fingerprint density at radius 2 is 1.83 bits per heavy atom. The molecule has 0 saturated carbocycles. The molecule has 0 amide bonds. The average Bonchev–Trinajstić information content (AvgIpc) is 3.31. The summed E-state index contributed by atoms with van der Waals surface area (Å²) in [5, 5.41) is 10.1. The summed E-state index contributed by atoms with van der Waals surface area (Å²) in [7, 11) is 0. The molecular formula is C28H23N3O3S. The van der Waals surface area contributed by atoms with E-state index in [9.17, 15) is 9.90 Å². The van der Waals surface area contributed by atoms with Crippen molar-refractivity contribution < 1.29 is 14.6 Å². The number of ether oxygens (including phenoxy) is 1. The van der Waals surface area contributed by atoms with Gasteiger partial charge < -0.3 is 14.8 Å². The summed E-state index contributed by atoms with van der Waals surface area (Å²) in [4.78, 5) is 23.7. The fraction of sp³-hybridized carbons (Fsp3) is 0.107. The molecule has 0 radical (unpaired) electrons. The van der Waals surface area contributed by atoms with Crippen LogP contribution in [0, 0.1) is 6.92 Å². The van der Waals surface area contributed by atoms with E-state index in [0.29, 0.717) is 12.4 Å². The minimum Gasteiger partial charge on any atom is -0.489 e. The van der Waals surface area contributed by atoms with Gasteiger partial charge in [-0.25, -0.2) is 9.78 Å². The van der Waals surface area contributed by atoms with E-state index in [1.807, 2.05) is 67.6 Å². The van der Waals surface area contributed by atoms with E-state index in [-0.39, 0.29) is 5.56 Å². The lowest BCUT2D eigenvalue weighted by Gasteiger charge is -2.12. The van der Waals surface area contributed by atoms with Crippen LogP contribution in [0.4, 0.5) is 0 Å². The van der Waals surface area contributed by atoms with Crippen LogP contribution in [-0.4, -0.2) is 26.0 Å². The Morgan fingerprint density at radius 1 is 1.00 bits per heavy atom. The van der Waals surface area contributed by atoms with Crippen molar-refractivity contribution in [3.63, 3.8) is 0 Å². The first-order chi connectivity index (χ1) is 17.1. The summed E-state index contributed by atoms with van der Waals surface area (Å²) < 4.78 is 6.11. The number of aromatic carboxylic acids is 1. The SMILES string of the molecule is Cc1c(OCc2ccc(-c3cccc(C(=O)O)c3)cc2)ccnc1CSc1nc2ccccc2[nH]1. The second kappa shape index (κ2) is 10.0. The van der Waals surface area contributed by atoms with Gasteiger partial charge in [0.1, 0.15) is 12.4 Å². The molecule has 35 heavy (non-hydrogen) atoms. The van der Waals surface area contributed by atoms with Crippen molar-refractivity contribution in [1.29, 1.82) is 0 Å². The van der Waals surface area contributed by atoms with E-state index in [0.717, 1.165) is 49.9 Å². The Morgan fingerprint density at radius 3 is 2.63 bits per heavy atom. The van der Waals surface area contributed by atoms with Gasteiger partial charge in [-0.3, -0.25) is 4.98 Å². The first-order valence-electron chi connectivity index (χ1n) is 11.1. The van der Waals surface area contributed by atoms with Crippen LogP contribution in [0.5, 0.6) is 5.75 Å². The minimum atomic E-state index is -0.931. The Bertz CT molecular complexity index is 1460. The number of pyridine rings is 1. The van der Waals surface area contributed by atoms with Crippen LogP contribution >= 0.6 is 11.8 Å². The van der Waals surface area contributed by atoms with Crippen LogP contribution in [-0.2, 0) is 12.4 Å². The molecule has 7 heteroatoms. The number of aromatic nitrogens is 3. The molecule has 0 saturated heterocycles. The number of nitrogens with zero attached hydrogens (tertiary/aromatic N) is 2. The minimum absolute atomic E-state index is 0.275. The van der Waals surface area contributed by atoms with Crippen LogP contribution in [0.1, 0.15) is 27.2 Å². The molecule has 2 aromatic heterocycles. The lowest BCUT2D eigenvalue weighted by Crippen LogP contribution is -2.00. The Labute approximate surface area is 207 Å². The molecular weight excluding hydrogens is 458 g/mol. The molecule has 0 atom stereocenters. The van der Waals surface area contributed by atoms with Crippen molar-refractivity contribution in [1.82, 2.24) is 15.0 Å². The fourth-order valence-electron chi connectivity index (χ4n) is 3.78. The second-order valence-corrected chi connectivity index (χ2v) is 9.06. The maximum atomic E-state index is 11.2. The van der Waals surface area contributed by atoms with Gasteiger partial charge >= 0.3 is 5.97 Å². The van der Waals surface area contributed by atoms with Gasteiger partial charge in [-0.05, 0) is 53.9 Å². The Kier molecular flexibility index (Phi) is 6.50. The third-order valence-corrected chi connectivity index (χ3v) is 6.65. The number of thioether (sulfide) groups is 1. The standard InChI is InChI=1S/C28H23N3O3S/c1-18-25(17-35-28-30-23-7-2-3-8-24(23)31-28)29-14-13-26(18)34-16-19-9-11-20(12-10-19)21-5-4-6-22(15-21)27(32)33/h2-15H,16-17H2,1H3,(H,30,31)(H,32,33). The normalized spacial score (nSPS) is 11.0. The van der Waals surface area contributed by atoms with Gasteiger partial charge in [-0.15, -0.1) is 0 Å². The van der Waals surface area contributed by atoms with Gasteiger partial charge in [-0.1, -0.05) is 60.3 Å². The summed E-state index contributed by atoms with van der Waals surface area (Å²) in [5.41, 5.74) is 7.08. The zero-order chi connectivity index (χ0) is 24.2. The third-order valence-electron chi connectivity index (χ3n) is 5.76. The number of carbonyl (C=O) groups is 1. The predicted molar refractivity (Wildman–Crippen MR) is 138 cm³/mol. The molecule has 5 aromatic rings. The van der Waals surface area contributed by atoms with Gasteiger partial charge in [0.05, 0.1) is 22.3 Å². The molecule has 0 fully saturated rings. The number of carboxylic acids is 1. The number of hydrogen-bond donors (Lipinski definition) is 2. The third kappa shape index (κ3) is 5.20. The summed E-state index contributed by atoms with van der Waals surface area (Å²) in [6, 6.07) is 24.8. The monoisotopic (exact) mass is 481 g/mol. The molecule has 5 rings (SSSR count). The zero-order valence-corrected chi connectivity index (χ0v) is 19.9. The van der Waals surface area contributed by atoms with Gasteiger partial charge in [0.15, 0.2) is 5.16 Å². The molecule has 174 valence electrons. The van der Waals surface area contributed by atoms with E-state index in [1.165, 1.54) is 0 Å². The highest BCUT2D eigenvalue weighted by atomic mass is 32.2. The molecule has 0 aliphatic rings. The molecule has 0 aliphatic carbocycles. The fourth-order valence-corrected chi connectivity index (χ4v) is 4.69. The molecule has 0 aliphatic heterocycles. The number of carboxylic acid groups (broad SMARTS) is 1. The van der Waals surface area contributed by atoms with Crippen LogP contribution in [0.2, 0.25) is 0 Å². The number of aromatic amines is 1. The highest BCUT2D eigenvalue weighted by molar-refractivity contribution is 7.98. The smallest absolute Gasteiger partial charge is 0.335 e. The first-order valence-corrected chi connectivity index (χ1v) is 12.1. The summed E-state index contributed by atoms with van der Waals surface area (Å²) >= 11 is 1.62. The number of nitrogens with one attached hydrogen (secondary N) is 1. The number of para-hydroxylation sites is 2. The molecule has 0 bridgehead atoms. The van der Waals surface area contributed by atoms with E-state index >= 15 is 0 Å². The summed E-state index contributed by atoms with van der Waals surface area (Å²) in [5.74, 6) is 0.561. The highest BCUT2D eigenvalue weighted by Gasteiger charge is 2.10. The molecule has 2 N–H and O–H groups in total. The Balaban J connectivity index is 1.23. The first kappa shape index (κ1) is 22.7. The van der Waals surface area contributed by atoms with Crippen LogP contribution in [0.25, 0.3) is 22.2 Å². The van der Waals surface area contributed by atoms with Crippen LogP contribution in [0.15, 0.2) is 90.2 Å². The van der Waals surface area contributed by atoms with Crippen LogP contribution in [0.3, 0.4) is 0 Å². The molecule has 0 unspecified atom stereocenters. The quantitative estimate of drug-likeness (QED) is 0.246. The van der Waals surface area contributed by atoms with E-state index < -0.39 is 5.97 Å². The number of fused-ring (bicyclic) bond motifs is 1. The van der Waals surface area contributed by atoms with E-state index in [2.05, 4.69) is 15.0 Å². The molecule has 0 spiro atoms. The summed E-state index contributed by atoms with van der Waals surface area (Å²) in [6.07, 6.45) is 1.77. The zero-order valence-electron chi connectivity index (χ0n) is 19.1. The van der Waals surface area contributed by atoms with E-state index in [4.69, 9.17) is 4.74 Å². The average molecular weight is 482 g/mol. The van der Waals surface area contributed by atoms with Gasteiger partial charge in [-0.2, -0.15) is 0 Å². The number of hydrogen-bond acceptors (Lipinski definition) is 5. The number of H-pyrrole nitrogens is 1. The maximum Gasteiger partial charge on any atom is 0.335 e. The Hall–Kier alpha value is -4.10. The number of rotatable bonds is 8. The van der Waals surface area contributed by atoms with Crippen molar-refractivity contribution in [2.75, 3.05) is 0 Å². The molecule has 2 heterocycles. The van der Waals surface area contributed by atoms with Gasteiger partial charge in [0.2, 0.25) is 0 Å². The van der Waals surface area contributed by atoms with Gasteiger partial charge in [0.25, 0.3) is 0 Å². The largest absolute Gasteiger partial charge is 0.489 e. The highest BCUT2D eigenvalue weighted by Crippen LogP contribution is 2.28.